The van der Waals surface area contributed by atoms with Crippen molar-refractivity contribution in [2.45, 2.75) is 12.6 Å². The van der Waals surface area contributed by atoms with Gasteiger partial charge in [-0.15, -0.1) is 0 Å². The van der Waals surface area contributed by atoms with E-state index in [0.717, 1.165) is 18.6 Å². The summed E-state index contributed by atoms with van der Waals surface area (Å²) in [7, 11) is 3.29. The molecule has 0 radical (unpaired) electrons. The number of carbonyl (C=O) groups is 1. The van der Waals surface area contributed by atoms with Crippen LogP contribution >= 0.6 is 11.6 Å². The third-order valence-electron chi connectivity index (χ3n) is 2.86. The maximum Gasteiger partial charge on any atom is 0.418 e. The highest BCUT2D eigenvalue weighted by Gasteiger charge is 2.34. The molecule has 1 amide bonds. The van der Waals surface area contributed by atoms with Crippen LogP contribution in [0.15, 0.2) is 18.2 Å². The minimum Gasteiger partial charge on any atom is -0.385 e. The second-order valence-electron chi connectivity index (χ2n) is 4.82. The van der Waals surface area contributed by atoms with Crippen molar-refractivity contribution in [3.8, 4) is 0 Å². The molecule has 0 saturated heterocycles. The van der Waals surface area contributed by atoms with Gasteiger partial charge in [-0.2, -0.15) is 13.2 Å². The average molecular weight is 339 g/mol. The van der Waals surface area contributed by atoms with Crippen molar-refractivity contribution in [2.75, 3.05) is 39.2 Å². The quantitative estimate of drug-likeness (QED) is 0.776. The Labute approximate surface area is 132 Å². The van der Waals surface area contributed by atoms with E-state index in [4.69, 9.17) is 16.3 Å². The molecule has 1 aromatic carbocycles. The molecule has 0 spiro atoms. The van der Waals surface area contributed by atoms with E-state index < -0.39 is 17.6 Å². The van der Waals surface area contributed by atoms with Crippen LogP contribution in [0.2, 0.25) is 5.02 Å². The molecule has 0 fully saturated rings. The smallest absolute Gasteiger partial charge is 0.385 e. The second kappa shape index (κ2) is 8.36. The molecule has 0 heterocycles. The maximum atomic E-state index is 12.9. The first-order valence-electron chi connectivity index (χ1n) is 6.58. The Hall–Kier alpha value is -1.31. The molecular weight excluding hydrogens is 321 g/mol. The van der Waals surface area contributed by atoms with Gasteiger partial charge < -0.3 is 10.1 Å². The Balaban J connectivity index is 2.68. The third-order valence-corrected chi connectivity index (χ3v) is 3.10. The van der Waals surface area contributed by atoms with Crippen LogP contribution in [0, 0.1) is 0 Å². The highest BCUT2D eigenvalue weighted by Crippen LogP contribution is 2.36. The zero-order valence-electron chi connectivity index (χ0n) is 12.3. The molecule has 0 aromatic heterocycles. The first-order valence-corrected chi connectivity index (χ1v) is 6.96. The van der Waals surface area contributed by atoms with Crippen molar-refractivity contribution in [3.63, 3.8) is 0 Å². The minimum atomic E-state index is -4.59. The van der Waals surface area contributed by atoms with E-state index in [1.807, 2.05) is 0 Å². The Bertz CT molecular complexity index is 509. The zero-order valence-corrected chi connectivity index (χ0v) is 13.1. The van der Waals surface area contributed by atoms with E-state index in [1.165, 1.54) is 6.07 Å². The van der Waals surface area contributed by atoms with E-state index in [0.29, 0.717) is 13.2 Å². The van der Waals surface area contributed by atoms with Crippen LogP contribution in [-0.4, -0.2) is 44.7 Å². The van der Waals surface area contributed by atoms with Crippen molar-refractivity contribution >= 4 is 23.2 Å². The van der Waals surface area contributed by atoms with Crippen molar-refractivity contribution < 1.29 is 22.7 Å². The van der Waals surface area contributed by atoms with E-state index in [-0.39, 0.29) is 17.3 Å². The molecule has 1 rings (SSSR count). The van der Waals surface area contributed by atoms with E-state index in [2.05, 4.69) is 5.32 Å². The fourth-order valence-corrected chi connectivity index (χ4v) is 2.02. The van der Waals surface area contributed by atoms with Crippen LogP contribution < -0.4 is 5.32 Å². The summed E-state index contributed by atoms with van der Waals surface area (Å²) in [6.45, 7) is 1.15. The monoisotopic (exact) mass is 338 g/mol. The lowest BCUT2D eigenvalue weighted by atomic mass is 10.1. The highest BCUT2D eigenvalue weighted by atomic mass is 35.5. The zero-order chi connectivity index (χ0) is 16.8. The number of ether oxygens (including phenoxy) is 1. The molecule has 4 nitrogen and oxygen atoms in total. The van der Waals surface area contributed by atoms with Crippen molar-refractivity contribution in [2.24, 2.45) is 0 Å². The summed E-state index contributed by atoms with van der Waals surface area (Å²) < 4.78 is 43.6. The van der Waals surface area contributed by atoms with Gasteiger partial charge >= 0.3 is 6.18 Å². The lowest BCUT2D eigenvalue weighted by molar-refractivity contribution is -0.137. The van der Waals surface area contributed by atoms with Gasteiger partial charge in [0.25, 0.3) is 0 Å². The number of halogens is 4. The summed E-state index contributed by atoms with van der Waals surface area (Å²) in [5.74, 6) is -0.521. The SMILES string of the molecule is COCCCN(C)CC(=O)Nc1ccc(Cl)cc1C(F)(F)F. The molecular formula is C14H18ClF3N2O2. The first kappa shape index (κ1) is 18.7. The Morgan fingerprint density at radius 1 is 1.41 bits per heavy atom. The second-order valence-corrected chi connectivity index (χ2v) is 5.26. The number of anilines is 1. The van der Waals surface area contributed by atoms with Gasteiger partial charge in [0.2, 0.25) is 5.91 Å². The molecule has 0 aliphatic rings. The van der Waals surface area contributed by atoms with Crippen LogP contribution in [0.5, 0.6) is 0 Å². The molecule has 0 bridgehead atoms. The van der Waals surface area contributed by atoms with Gasteiger partial charge in [-0.3, -0.25) is 9.69 Å². The van der Waals surface area contributed by atoms with Crippen molar-refractivity contribution in [1.29, 1.82) is 0 Å². The largest absolute Gasteiger partial charge is 0.418 e. The molecule has 124 valence electrons. The Morgan fingerprint density at radius 2 is 2.09 bits per heavy atom. The number of hydrogen-bond acceptors (Lipinski definition) is 3. The van der Waals surface area contributed by atoms with Gasteiger partial charge in [-0.1, -0.05) is 11.6 Å². The fraction of sp³-hybridized carbons (Fsp3) is 0.500. The van der Waals surface area contributed by atoms with E-state index >= 15 is 0 Å². The molecule has 8 heteroatoms. The van der Waals surface area contributed by atoms with Crippen LogP contribution in [0.3, 0.4) is 0 Å². The summed E-state index contributed by atoms with van der Waals surface area (Å²) >= 11 is 5.58. The fourth-order valence-electron chi connectivity index (χ4n) is 1.85. The molecule has 0 aliphatic heterocycles. The van der Waals surface area contributed by atoms with Crippen molar-refractivity contribution in [3.05, 3.63) is 28.8 Å². The molecule has 22 heavy (non-hydrogen) atoms. The van der Waals surface area contributed by atoms with Gasteiger partial charge in [-0.05, 0) is 31.7 Å². The number of methoxy groups -OCH3 is 1. The molecule has 1 aromatic rings. The number of nitrogens with zero attached hydrogens (tertiary/aromatic N) is 1. The lowest BCUT2D eigenvalue weighted by Crippen LogP contribution is -2.31. The van der Waals surface area contributed by atoms with Gasteiger partial charge in [0, 0.05) is 25.3 Å². The summed E-state index contributed by atoms with van der Waals surface area (Å²) in [5, 5.41) is 2.24. The Morgan fingerprint density at radius 3 is 2.68 bits per heavy atom. The van der Waals surface area contributed by atoms with E-state index in [1.54, 1.807) is 19.1 Å². The summed E-state index contributed by atoms with van der Waals surface area (Å²) in [6, 6.07) is 3.24. The van der Waals surface area contributed by atoms with Gasteiger partial charge in [0.1, 0.15) is 0 Å². The molecule has 0 saturated carbocycles. The molecule has 1 N–H and O–H groups in total. The third kappa shape index (κ3) is 6.21. The van der Waals surface area contributed by atoms with Crippen LogP contribution in [0.4, 0.5) is 18.9 Å². The normalized spacial score (nSPS) is 11.8. The van der Waals surface area contributed by atoms with Crippen LogP contribution in [-0.2, 0) is 15.7 Å². The Kier molecular flexibility index (Phi) is 7.12. The maximum absolute atomic E-state index is 12.9. The lowest BCUT2D eigenvalue weighted by Gasteiger charge is -2.18. The van der Waals surface area contributed by atoms with Gasteiger partial charge in [0.15, 0.2) is 0 Å². The molecule has 0 aliphatic carbocycles. The number of alkyl halides is 3. The number of hydrogen-bond donors (Lipinski definition) is 1. The van der Waals surface area contributed by atoms with Crippen LogP contribution in [0.1, 0.15) is 12.0 Å². The van der Waals surface area contributed by atoms with Crippen LogP contribution in [0.25, 0.3) is 0 Å². The number of nitrogens with one attached hydrogen (secondary N) is 1. The molecule has 0 atom stereocenters. The predicted molar refractivity (Wildman–Crippen MR) is 79.1 cm³/mol. The predicted octanol–water partition coefficient (Wildman–Crippen LogP) is 3.27. The highest BCUT2D eigenvalue weighted by molar-refractivity contribution is 6.30. The standard InChI is InChI=1S/C14H18ClF3N2O2/c1-20(6-3-7-22-2)9-13(21)19-12-5-4-10(15)8-11(12)14(16,17)18/h4-5,8H,3,6-7,9H2,1-2H3,(H,19,21). The topological polar surface area (TPSA) is 41.6 Å². The summed E-state index contributed by atoms with van der Waals surface area (Å²) in [5.41, 5.74) is -1.26. The summed E-state index contributed by atoms with van der Waals surface area (Å²) in [6.07, 6.45) is -3.85. The molecule has 0 unspecified atom stereocenters. The number of likely N-dealkylation sites (N-methyl/N-ethyl adjacent to an activating group) is 1. The average Bonchev–Trinajstić information content (AvgIpc) is 2.39. The minimum absolute atomic E-state index is 0.0103. The number of carbonyl (C=O) groups excluding carboxylic acids is 1. The van der Waals surface area contributed by atoms with Gasteiger partial charge in [-0.25, -0.2) is 0 Å². The van der Waals surface area contributed by atoms with E-state index in [9.17, 15) is 18.0 Å². The number of amides is 1. The first-order chi connectivity index (χ1) is 10.2. The van der Waals surface area contributed by atoms with Crippen molar-refractivity contribution in [1.82, 2.24) is 4.90 Å². The van der Waals surface area contributed by atoms with Gasteiger partial charge in [0.05, 0.1) is 17.8 Å². The number of benzene rings is 1. The number of rotatable bonds is 7. The summed E-state index contributed by atoms with van der Waals surface area (Å²) in [4.78, 5) is 13.5.